The molecular weight excluding hydrogens is 410 g/mol. The molecule has 1 aromatic carbocycles. The molecule has 32 heavy (non-hydrogen) atoms. The van der Waals surface area contributed by atoms with Crippen LogP contribution in [0, 0.1) is 11.8 Å². The number of hydrogen-bond acceptors (Lipinski definition) is 5. The second-order valence-electron chi connectivity index (χ2n) is 9.31. The standard InChI is InChI=1S/C24H33N3O5/c1-15(2)22(24(30)25-17-6-4-3-5-7-17)26-23(29)16-12-21(28)27(14-16)18-8-9-19-20(13-18)32-11-10-31-19/h8-9,13,15-17,22H,3-7,10-12,14H2,1-2H3,(H,25,30)(H,26,29)/t16-,22-/m0/s1. The summed E-state index contributed by atoms with van der Waals surface area (Å²) in [6.45, 7) is 5.09. The molecule has 0 radical (unpaired) electrons. The molecule has 1 aliphatic carbocycles. The van der Waals surface area contributed by atoms with Crippen LogP contribution < -0.4 is 25.0 Å². The fourth-order valence-electron chi connectivity index (χ4n) is 4.68. The van der Waals surface area contributed by atoms with Crippen LogP contribution in [0.2, 0.25) is 0 Å². The van der Waals surface area contributed by atoms with Crippen molar-refractivity contribution in [2.45, 2.75) is 64.5 Å². The molecule has 2 aliphatic heterocycles. The number of amides is 3. The highest BCUT2D eigenvalue weighted by Crippen LogP contribution is 2.36. The maximum atomic E-state index is 13.0. The first-order valence-electron chi connectivity index (χ1n) is 11.7. The molecule has 1 saturated heterocycles. The minimum atomic E-state index is -0.608. The van der Waals surface area contributed by atoms with Crippen LogP contribution in [-0.2, 0) is 14.4 Å². The van der Waals surface area contributed by atoms with E-state index in [1.165, 1.54) is 6.42 Å². The highest BCUT2D eigenvalue weighted by atomic mass is 16.6. The number of benzene rings is 1. The summed E-state index contributed by atoms with van der Waals surface area (Å²) in [6.07, 6.45) is 5.58. The Kier molecular flexibility index (Phi) is 6.86. The average molecular weight is 444 g/mol. The summed E-state index contributed by atoms with van der Waals surface area (Å²) in [5, 5.41) is 6.03. The van der Waals surface area contributed by atoms with Crippen molar-refractivity contribution in [3.8, 4) is 11.5 Å². The molecule has 1 aromatic rings. The van der Waals surface area contributed by atoms with E-state index in [9.17, 15) is 14.4 Å². The fourth-order valence-corrected chi connectivity index (χ4v) is 4.68. The molecule has 1 saturated carbocycles. The molecule has 0 spiro atoms. The van der Waals surface area contributed by atoms with E-state index in [0.29, 0.717) is 30.4 Å². The van der Waals surface area contributed by atoms with E-state index in [0.717, 1.165) is 25.7 Å². The quantitative estimate of drug-likeness (QED) is 0.704. The molecule has 2 atom stereocenters. The normalized spacial score (nSPS) is 22.0. The Hall–Kier alpha value is -2.77. The summed E-state index contributed by atoms with van der Waals surface area (Å²) < 4.78 is 11.2. The molecule has 0 unspecified atom stereocenters. The molecule has 0 aromatic heterocycles. The number of carbonyl (C=O) groups excluding carboxylic acids is 3. The lowest BCUT2D eigenvalue weighted by atomic mass is 9.94. The van der Waals surface area contributed by atoms with Gasteiger partial charge in [-0.3, -0.25) is 14.4 Å². The Labute approximate surface area is 189 Å². The summed E-state index contributed by atoms with van der Waals surface area (Å²) in [4.78, 5) is 40.1. The number of anilines is 1. The van der Waals surface area contributed by atoms with Crippen molar-refractivity contribution in [2.24, 2.45) is 11.8 Å². The van der Waals surface area contributed by atoms with Crippen molar-refractivity contribution < 1.29 is 23.9 Å². The van der Waals surface area contributed by atoms with Gasteiger partial charge in [0.05, 0.1) is 5.92 Å². The predicted octanol–water partition coefficient (Wildman–Crippen LogP) is 2.40. The summed E-state index contributed by atoms with van der Waals surface area (Å²) in [7, 11) is 0. The number of fused-ring (bicyclic) bond motifs is 1. The van der Waals surface area contributed by atoms with Crippen molar-refractivity contribution in [3.63, 3.8) is 0 Å². The van der Waals surface area contributed by atoms with Gasteiger partial charge in [0.25, 0.3) is 0 Å². The van der Waals surface area contributed by atoms with Gasteiger partial charge in [-0.1, -0.05) is 33.1 Å². The number of hydrogen-bond donors (Lipinski definition) is 2. The first-order valence-corrected chi connectivity index (χ1v) is 11.7. The molecule has 8 heteroatoms. The van der Waals surface area contributed by atoms with E-state index < -0.39 is 12.0 Å². The van der Waals surface area contributed by atoms with Crippen molar-refractivity contribution in [3.05, 3.63) is 18.2 Å². The Balaban J connectivity index is 1.38. The number of nitrogens with one attached hydrogen (secondary N) is 2. The highest BCUT2D eigenvalue weighted by Gasteiger charge is 2.37. The number of rotatable bonds is 6. The van der Waals surface area contributed by atoms with E-state index in [2.05, 4.69) is 10.6 Å². The van der Waals surface area contributed by atoms with Crippen LogP contribution in [0.1, 0.15) is 52.4 Å². The molecule has 2 heterocycles. The average Bonchev–Trinajstić information content (AvgIpc) is 3.19. The van der Waals surface area contributed by atoms with Gasteiger partial charge in [-0.25, -0.2) is 0 Å². The van der Waals surface area contributed by atoms with Crippen molar-refractivity contribution in [1.82, 2.24) is 10.6 Å². The molecule has 4 rings (SSSR count). The zero-order valence-electron chi connectivity index (χ0n) is 18.9. The lowest BCUT2D eigenvalue weighted by molar-refractivity contribution is -0.132. The maximum absolute atomic E-state index is 13.0. The molecule has 3 aliphatic rings. The summed E-state index contributed by atoms with van der Waals surface area (Å²) in [5.41, 5.74) is 0.685. The van der Waals surface area contributed by atoms with Gasteiger partial charge in [0, 0.05) is 30.8 Å². The van der Waals surface area contributed by atoms with Crippen LogP contribution in [0.4, 0.5) is 5.69 Å². The Morgan fingerprint density at radius 2 is 1.78 bits per heavy atom. The van der Waals surface area contributed by atoms with Crippen molar-refractivity contribution >= 4 is 23.4 Å². The highest BCUT2D eigenvalue weighted by molar-refractivity contribution is 6.01. The van der Waals surface area contributed by atoms with Gasteiger partial charge in [-0.05, 0) is 30.9 Å². The van der Waals surface area contributed by atoms with Crippen LogP contribution in [0.25, 0.3) is 0 Å². The third-order valence-electron chi connectivity index (χ3n) is 6.53. The summed E-state index contributed by atoms with van der Waals surface area (Å²) in [6, 6.07) is 4.95. The molecule has 8 nitrogen and oxygen atoms in total. The van der Waals surface area contributed by atoms with Crippen LogP contribution in [-0.4, -0.2) is 49.6 Å². The van der Waals surface area contributed by atoms with Crippen LogP contribution in [0.5, 0.6) is 11.5 Å². The smallest absolute Gasteiger partial charge is 0.243 e. The van der Waals surface area contributed by atoms with E-state index in [1.54, 1.807) is 23.1 Å². The minimum absolute atomic E-state index is 0.0476. The molecule has 2 N–H and O–H groups in total. The second-order valence-corrected chi connectivity index (χ2v) is 9.31. The van der Waals surface area contributed by atoms with Gasteiger partial charge in [0.15, 0.2) is 11.5 Å². The first kappa shape index (κ1) is 22.4. The summed E-state index contributed by atoms with van der Waals surface area (Å²) in [5.74, 6) is 0.213. The van der Waals surface area contributed by atoms with Gasteiger partial charge < -0.3 is 25.0 Å². The van der Waals surface area contributed by atoms with E-state index >= 15 is 0 Å². The van der Waals surface area contributed by atoms with Gasteiger partial charge >= 0.3 is 0 Å². The zero-order chi connectivity index (χ0) is 22.7. The molecular formula is C24H33N3O5. The zero-order valence-corrected chi connectivity index (χ0v) is 18.9. The Bertz CT molecular complexity index is 865. The van der Waals surface area contributed by atoms with Gasteiger partial charge in [0.2, 0.25) is 17.7 Å². The fraction of sp³-hybridized carbons (Fsp3) is 0.625. The monoisotopic (exact) mass is 443 g/mol. The van der Waals surface area contributed by atoms with Gasteiger partial charge in [0.1, 0.15) is 19.3 Å². The number of nitrogens with zero attached hydrogens (tertiary/aromatic N) is 1. The first-order chi connectivity index (χ1) is 15.4. The minimum Gasteiger partial charge on any atom is -0.486 e. The molecule has 0 bridgehead atoms. The third kappa shape index (κ3) is 5.00. The van der Waals surface area contributed by atoms with E-state index in [1.807, 2.05) is 13.8 Å². The Morgan fingerprint density at radius 3 is 2.50 bits per heavy atom. The Morgan fingerprint density at radius 1 is 1.06 bits per heavy atom. The van der Waals surface area contributed by atoms with Crippen molar-refractivity contribution in [1.29, 1.82) is 0 Å². The predicted molar refractivity (Wildman–Crippen MR) is 120 cm³/mol. The van der Waals surface area contributed by atoms with Crippen LogP contribution in [0.3, 0.4) is 0 Å². The largest absolute Gasteiger partial charge is 0.486 e. The molecule has 174 valence electrons. The summed E-state index contributed by atoms with van der Waals surface area (Å²) >= 11 is 0. The lowest BCUT2D eigenvalue weighted by Gasteiger charge is -2.28. The van der Waals surface area contributed by atoms with E-state index in [-0.39, 0.29) is 42.6 Å². The van der Waals surface area contributed by atoms with Gasteiger partial charge in [-0.2, -0.15) is 0 Å². The number of ether oxygens (including phenoxy) is 2. The second kappa shape index (κ2) is 9.79. The maximum Gasteiger partial charge on any atom is 0.243 e. The SMILES string of the molecule is CC(C)[C@H](NC(=O)[C@H]1CC(=O)N(c2ccc3c(c2)OCCO3)C1)C(=O)NC1CCCCC1. The van der Waals surface area contributed by atoms with E-state index in [4.69, 9.17) is 9.47 Å². The molecule has 3 amide bonds. The van der Waals surface area contributed by atoms with Gasteiger partial charge in [-0.15, -0.1) is 0 Å². The third-order valence-corrected chi connectivity index (χ3v) is 6.53. The topological polar surface area (TPSA) is 97.0 Å². The van der Waals surface area contributed by atoms with Crippen molar-refractivity contribution in [2.75, 3.05) is 24.7 Å². The number of carbonyl (C=O) groups is 3. The lowest BCUT2D eigenvalue weighted by Crippen LogP contribution is -2.53. The molecule has 2 fully saturated rings. The van der Waals surface area contributed by atoms with Crippen LogP contribution >= 0.6 is 0 Å². The van der Waals surface area contributed by atoms with Crippen LogP contribution in [0.15, 0.2) is 18.2 Å².